The number of carbonyl (C=O) groups is 1. The fourth-order valence-corrected chi connectivity index (χ4v) is 1.97. The summed E-state index contributed by atoms with van der Waals surface area (Å²) in [6.45, 7) is 1.76. The minimum absolute atomic E-state index is 0.454. The molecule has 0 spiro atoms. The number of aryl methyl sites for hydroxylation is 1. The molecule has 1 aromatic carbocycles. The lowest BCUT2D eigenvalue weighted by atomic mass is 10.2. The van der Waals surface area contributed by atoms with Crippen molar-refractivity contribution >= 4 is 22.4 Å². The van der Waals surface area contributed by atoms with E-state index in [-0.39, 0.29) is 0 Å². The van der Waals surface area contributed by atoms with E-state index in [4.69, 9.17) is 0 Å². The van der Waals surface area contributed by atoms with E-state index in [1.807, 2.05) is 0 Å². The van der Waals surface area contributed by atoms with E-state index in [0.717, 1.165) is 29.4 Å². The second-order valence-corrected chi connectivity index (χ2v) is 4.19. The smallest absolute Gasteiger partial charge is 0.262 e. The number of carbonyl (C=O) groups excluding carboxylic acids is 1. The predicted octanol–water partition coefficient (Wildman–Crippen LogP) is 2.98. The summed E-state index contributed by atoms with van der Waals surface area (Å²) in [5.41, 5.74) is 0.151. The first-order chi connectivity index (χ1) is 8.08. The fourth-order valence-electron chi connectivity index (χ4n) is 1.31. The van der Waals surface area contributed by atoms with Crippen LogP contribution < -0.4 is 5.32 Å². The Bertz CT molecular complexity index is 548. The minimum atomic E-state index is -0.885. The zero-order valence-corrected chi connectivity index (χ0v) is 9.65. The third kappa shape index (κ3) is 2.47. The minimum Gasteiger partial charge on any atom is -0.312 e. The molecule has 0 atom stereocenters. The molecule has 1 amide bonds. The second-order valence-electron chi connectivity index (χ2n) is 3.38. The molecule has 0 aliphatic heterocycles. The van der Waals surface area contributed by atoms with Crippen molar-refractivity contribution in [2.75, 3.05) is 5.32 Å². The molecule has 2 aromatic rings. The van der Waals surface area contributed by atoms with Crippen LogP contribution in [-0.2, 0) is 0 Å². The summed E-state index contributed by atoms with van der Waals surface area (Å²) >= 11 is 1.06. The van der Waals surface area contributed by atoms with Crippen LogP contribution >= 0.6 is 11.5 Å². The maximum atomic E-state index is 13.3. The number of halogens is 2. The number of hydrogen-bond donors (Lipinski definition) is 1. The van der Waals surface area contributed by atoms with Crippen LogP contribution in [0.2, 0.25) is 0 Å². The van der Waals surface area contributed by atoms with Gasteiger partial charge in [0.05, 0.1) is 5.69 Å². The van der Waals surface area contributed by atoms with Crippen molar-refractivity contribution < 1.29 is 13.6 Å². The van der Waals surface area contributed by atoms with Crippen LogP contribution in [0.1, 0.15) is 16.1 Å². The quantitative estimate of drug-likeness (QED) is 0.895. The average molecular weight is 254 g/mol. The molecule has 0 bridgehead atoms. The maximum absolute atomic E-state index is 13.3. The first-order valence-electron chi connectivity index (χ1n) is 4.76. The van der Waals surface area contributed by atoms with Gasteiger partial charge < -0.3 is 5.32 Å². The van der Waals surface area contributed by atoms with Crippen LogP contribution in [0, 0.1) is 18.6 Å². The number of anilines is 1. The summed E-state index contributed by atoms with van der Waals surface area (Å²) in [6, 6.07) is 4.91. The monoisotopic (exact) mass is 254 g/mol. The van der Waals surface area contributed by atoms with Gasteiger partial charge in [0.15, 0.2) is 0 Å². The van der Waals surface area contributed by atoms with Gasteiger partial charge in [-0.25, -0.2) is 8.78 Å². The average Bonchev–Trinajstić information content (AvgIpc) is 2.63. The van der Waals surface area contributed by atoms with Crippen molar-refractivity contribution in [3.8, 4) is 0 Å². The van der Waals surface area contributed by atoms with Crippen LogP contribution in [0.15, 0.2) is 24.3 Å². The van der Waals surface area contributed by atoms with Crippen molar-refractivity contribution in [2.45, 2.75) is 6.92 Å². The SMILES string of the molecule is Cc1cc(NC(=O)c2c(F)cccc2F)sn1. The Hall–Kier alpha value is -1.82. The van der Waals surface area contributed by atoms with Gasteiger partial charge in [0.2, 0.25) is 0 Å². The van der Waals surface area contributed by atoms with E-state index in [0.29, 0.717) is 5.00 Å². The van der Waals surface area contributed by atoms with Crippen molar-refractivity contribution in [3.05, 3.63) is 47.2 Å². The van der Waals surface area contributed by atoms with E-state index in [1.165, 1.54) is 6.07 Å². The van der Waals surface area contributed by atoms with Gasteiger partial charge in [-0.3, -0.25) is 4.79 Å². The molecular formula is C11H8F2N2OS. The van der Waals surface area contributed by atoms with Crippen molar-refractivity contribution in [2.24, 2.45) is 0 Å². The molecule has 17 heavy (non-hydrogen) atoms. The highest BCUT2D eigenvalue weighted by atomic mass is 32.1. The molecule has 0 saturated carbocycles. The largest absolute Gasteiger partial charge is 0.312 e. The lowest BCUT2D eigenvalue weighted by Crippen LogP contribution is -2.15. The Morgan fingerprint density at radius 3 is 2.53 bits per heavy atom. The molecule has 0 radical (unpaired) electrons. The third-order valence-electron chi connectivity index (χ3n) is 2.05. The molecule has 1 aromatic heterocycles. The Balaban J connectivity index is 2.26. The Kier molecular flexibility index (Phi) is 3.14. The number of aromatic nitrogens is 1. The molecule has 0 aliphatic carbocycles. The van der Waals surface area contributed by atoms with Crippen molar-refractivity contribution in [1.82, 2.24) is 4.37 Å². The molecule has 0 unspecified atom stereocenters. The highest BCUT2D eigenvalue weighted by Gasteiger charge is 2.17. The van der Waals surface area contributed by atoms with Crippen LogP contribution in [0.5, 0.6) is 0 Å². The van der Waals surface area contributed by atoms with Gasteiger partial charge in [-0.1, -0.05) is 6.07 Å². The highest BCUT2D eigenvalue weighted by molar-refractivity contribution is 7.10. The van der Waals surface area contributed by atoms with E-state index < -0.39 is 23.1 Å². The number of nitrogens with one attached hydrogen (secondary N) is 1. The van der Waals surface area contributed by atoms with Gasteiger partial charge in [-0.15, -0.1) is 0 Å². The van der Waals surface area contributed by atoms with Gasteiger partial charge in [-0.05, 0) is 36.7 Å². The summed E-state index contributed by atoms with van der Waals surface area (Å²) in [4.78, 5) is 11.7. The first-order valence-corrected chi connectivity index (χ1v) is 5.54. The number of amides is 1. The molecule has 1 N–H and O–H groups in total. The summed E-state index contributed by atoms with van der Waals surface area (Å²) in [5.74, 6) is -2.59. The summed E-state index contributed by atoms with van der Waals surface area (Å²) in [7, 11) is 0. The summed E-state index contributed by atoms with van der Waals surface area (Å²) in [5, 5.41) is 2.85. The number of rotatable bonds is 2. The molecule has 6 heteroatoms. The number of hydrogen-bond acceptors (Lipinski definition) is 3. The van der Waals surface area contributed by atoms with Gasteiger partial charge in [0.25, 0.3) is 5.91 Å². The second kappa shape index (κ2) is 4.58. The van der Waals surface area contributed by atoms with Crippen LogP contribution in [-0.4, -0.2) is 10.3 Å². The van der Waals surface area contributed by atoms with Gasteiger partial charge >= 0.3 is 0 Å². The lowest BCUT2D eigenvalue weighted by Gasteiger charge is -2.04. The summed E-state index contributed by atoms with van der Waals surface area (Å²) < 4.78 is 30.5. The predicted molar refractivity (Wildman–Crippen MR) is 61.2 cm³/mol. The Labute approximate surface area is 100 Å². The number of nitrogens with zero attached hydrogens (tertiary/aromatic N) is 1. The van der Waals surface area contributed by atoms with Gasteiger partial charge in [0, 0.05) is 0 Å². The van der Waals surface area contributed by atoms with Gasteiger partial charge in [-0.2, -0.15) is 4.37 Å². The summed E-state index contributed by atoms with van der Waals surface area (Å²) in [6.07, 6.45) is 0. The van der Waals surface area contributed by atoms with E-state index in [9.17, 15) is 13.6 Å². The molecule has 1 heterocycles. The van der Waals surface area contributed by atoms with Crippen LogP contribution in [0.25, 0.3) is 0 Å². The number of benzene rings is 1. The lowest BCUT2D eigenvalue weighted by molar-refractivity contribution is 0.101. The van der Waals surface area contributed by atoms with Gasteiger partial charge in [0.1, 0.15) is 22.2 Å². The first kappa shape index (κ1) is 11.7. The van der Waals surface area contributed by atoms with Crippen molar-refractivity contribution in [3.63, 3.8) is 0 Å². The zero-order valence-electron chi connectivity index (χ0n) is 8.83. The zero-order chi connectivity index (χ0) is 12.4. The van der Waals surface area contributed by atoms with Crippen LogP contribution in [0.4, 0.5) is 13.8 Å². The maximum Gasteiger partial charge on any atom is 0.262 e. The van der Waals surface area contributed by atoms with Crippen LogP contribution in [0.3, 0.4) is 0 Å². The normalized spacial score (nSPS) is 10.3. The molecule has 0 fully saturated rings. The fraction of sp³-hybridized carbons (Fsp3) is 0.0909. The molecule has 0 saturated heterocycles. The van der Waals surface area contributed by atoms with E-state index in [1.54, 1.807) is 13.0 Å². The topological polar surface area (TPSA) is 42.0 Å². The third-order valence-corrected chi connectivity index (χ3v) is 2.85. The Morgan fingerprint density at radius 2 is 2.00 bits per heavy atom. The molecular weight excluding hydrogens is 246 g/mol. The molecule has 88 valence electrons. The van der Waals surface area contributed by atoms with E-state index >= 15 is 0 Å². The molecule has 0 aliphatic rings. The highest BCUT2D eigenvalue weighted by Crippen LogP contribution is 2.18. The van der Waals surface area contributed by atoms with Crippen molar-refractivity contribution in [1.29, 1.82) is 0 Å². The van der Waals surface area contributed by atoms with E-state index in [2.05, 4.69) is 9.69 Å². The molecule has 2 rings (SSSR count). The molecule has 3 nitrogen and oxygen atoms in total. The standard InChI is InChI=1S/C11H8F2N2OS/c1-6-5-9(17-15-6)14-11(16)10-7(12)3-2-4-8(10)13/h2-5H,1H3,(H,14,16). The Morgan fingerprint density at radius 1 is 1.35 bits per heavy atom.